The molecule has 0 aromatic heterocycles. The summed E-state index contributed by atoms with van der Waals surface area (Å²) in [6.45, 7) is 1.33. The van der Waals surface area contributed by atoms with E-state index in [-0.39, 0.29) is 10.6 Å². The number of carbonyl (C=O) groups is 1. The number of benzene rings is 1. The lowest BCUT2D eigenvalue weighted by Crippen LogP contribution is -2.23. The Bertz CT molecular complexity index is 413. The zero-order valence-electron chi connectivity index (χ0n) is 7.45. The summed E-state index contributed by atoms with van der Waals surface area (Å²) in [4.78, 5) is 11.1. The minimum absolute atomic E-state index is 0.0451. The molecule has 82 valence electrons. The Morgan fingerprint density at radius 3 is 2.40 bits per heavy atom. The highest BCUT2D eigenvalue weighted by Gasteiger charge is 2.39. The molecule has 1 aromatic rings. The van der Waals surface area contributed by atoms with Gasteiger partial charge in [-0.1, -0.05) is 17.7 Å². The number of aryl methyl sites for hydroxylation is 1. The fourth-order valence-electron chi connectivity index (χ4n) is 1.01. The predicted molar refractivity (Wildman–Crippen MR) is 51.3 cm³/mol. The van der Waals surface area contributed by atoms with Crippen molar-refractivity contribution < 1.29 is 18.0 Å². The van der Waals surface area contributed by atoms with Crippen molar-refractivity contribution in [3.63, 3.8) is 0 Å². The number of ketones is 1. The molecule has 0 fully saturated rings. The molecule has 15 heavy (non-hydrogen) atoms. The second-order valence-corrected chi connectivity index (χ2v) is 3.76. The summed E-state index contributed by atoms with van der Waals surface area (Å²) < 4.78 is 38.3. The molecule has 0 unspecified atom stereocenters. The Labute approximate surface area is 93.8 Å². The van der Waals surface area contributed by atoms with Crippen LogP contribution in [0.25, 0.3) is 0 Å². The van der Waals surface area contributed by atoms with E-state index in [1.165, 1.54) is 13.0 Å². The number of rotatable bonds is 2. The maximum atomic E-state index is 13.3. The molecule has 0 N–H and O–H groups in total. The van der Waals surface area contributed by atoms with Crippen LogP contribution in [0.4, 0.5) is 13.2 Å². The Morgan fingerprint density at radius 1 is 1.40 bits per heavy atom. The summed E-state index contributed by atoms with van der Waals surface area (Å²) >= 11 is 9.96. The predicted octanol–water partition coefficient (Wildman–Crippen LogP) is 3.80. The van der Waals surface area contributed by atoms with E-state index in [0.717, 1.165) is 6.07 Å². The van der Waals surface area contributed by atoms with Gasteiger partial charge in [0.05, 0.1) is 10.6 Å². The van der Waals surface area contributed by atoms with Crippen LogP contribution in [0.15, 0.2) is 12.1 Å². The van der Waals surface area contributed by atoms with Crippen molar-refractivity contribution in [2.75, 3.05) is 0 Å². The third-order valence-corrected chi connectivity index (χ3v) is 2.26. The lowest BCUT2D eigenvalue weighted by molar-refractivity contribution is 0.0531. The van der Waals surface area contributed by atoms with Gasteiger partial charge in [-0.15, -0.1) is 0 Å². The summed E-state index contributed by atoms with van der Waals surface area (Å²) in [5.74, 6) is -2.91. The summed E-state index contributed by atoms with van der Waals surface area (Å²) in [6, 6.07) is 2.44. The Hall–Kier alpha value is -0.740. The second-order valence-electron chi connectivity index (χ2n) is 2.88. The molecule has 0 radical (unpaired) electrons. The highest BCUT2D eigenvalue weighted by molar-refractivity contribution is 6.39. The van der Waals surface area contributed by atoms with Crippen molar-refractivity contribution in [1.82, 2.24) is 0 Å². The van der Waals surface area contributed by atoms with Gasteiger partial charge < -0.3 is 0 Å². The summed E-state index contributed by atoms with van der Waals surface area (Å²) in [5, 5.41) is -4.54. The Balaban J connectivity index is 3.38. The first-order valence-corrected chi connectivity index (χ1v) is 4.57. The average Bonchev–Trinajstić information content (AvgIpc) is 2.10. The molecular formula is C9H5Cl2F3O. The van der Waals surface area contributed by atoms with Gasteiger partial charge in [0.25, 0.3) is 5.78 Å². The first kappa shape index (κ1) is 12.3. The van der Waals surface area contributed by atoms with Crippen molar-refractivity contribution >= 4 is 29.0 Å². The first-order valence-electron chi connectivity index (χ1n) is 3.81. The molecule has 0 amide bonds. The lowest BCUT2D eigenvalue weighted by atomic mass is 10.1. The number of Topliss-reactive ketones (excluding diaryl/α,β-unsaturated/α-hetero) is 1. The van der Waals surface area contributed by atoms with Crippen LogP contribution >= 0.6 is 23.2 Å². The highest BCUT2D eigenvalue weighted by atomic mass is 35.5. The summed E-state index contributed by atoms with van der Waals surface area (Å²) in [7, 11) is 0. The Kier molecular flexibility index (Phi) is 3.31. The summed E-state index contributed by atoms with van der Waals surface area (Å²) in [6.07, 6.45) is 0. The molecular weight excluding hydrogens is 252 g/mol. The van der Waals surface area contributed by atoms with E-state index in [0.29, 0.717) is 0 Å². The maximum absolute atomic E-state index is 13.3. The average molecular weight is 257 g/mol. The third kappa shape index (κ3) is 2.44. The molecule has 0 aliphatic carbocycles. The number of alkyl halides is 3. The minimum atomic E-state index is -4.15. The van der Waals surface area contributed by atoms with E-state index >= 15 is 0 Å². The monoisotopic (exact) mass is 256 g/mol. The highest BCUT2D eigenvalue weighted by Crippen LogP contribution is 2.30. The number of hydrogen-bond acceptors (Lipinski definition) is 1. The van der Waals surface area contributed by atoms with E-state index < -0.39 is 22.5 Å². The Morgan fingerprint density at radius 2 is 1.93 bits per heavy atom. The molecule has 1 aromatic carbocycles. The molecule has 0 spiro atoms. The van der Waals surface area contributed by atoms with Gasteiger partial charge in [0.2, 0.25) is 0 Å². The van der Waals surface area contributed by atoms with E-state index in [1.807, 2.05) is 0 Å². The molecule has 0 saturated carbocycles. The fraction of sp³-hybridized carbons (Fsp3) is 0.222. The van der Waals surface area contributed by atoms with Crippen molar-refractivity contribution in [2.24, 2.45) is 0 Å². The van der Waals surface area contributed by atoms with Crippen molar-refractivity contribution in [3.8, 4) is 0 Å². The maximum Gasteiger partial charge on any atom is 0.385 e. The van der Waals surface area contributed by atoms with Gasteiger partial charge in [0.1, 0.15) is 5.82 Å². The molecule has 1 nitrogen and oxygen atoms in total. The van der Waals surface area contributed by atoms with Gasteiger partial charge in [-0.05, 0) is 30.2 Å². The van der Waals surface area contributed by atoms with Gasteiger partial charge in [0, 0.05) is 0 Å². The zero-order chi connectivity index (χ0) is 11.8. The zero-order valence-corrected chi connectivity index (χ0v) is 8.96. The molecule has 0 atom stereocenters. The van der Waals surface area contributed by atoms with Crippen LogP contribution in [-0.4, -0.2) is 11.2 Å². The summed E-state index contributed by atoms with van der Waals surface area (Å²) in [5.41, 5.74) is -0.833. The molecule has 0 bridgehead atoms. The SMILES string of the molecule is Cc1ccc(Cl)c(C(=O)C(F)(F)Cl)c1F. The van der Waals surface area contributed by atoms with Gasteiger partial charge in [-0.25, -0.2) is 4.39 Å². The van der Waals surface area contributed by atoms with Crippen LogP contribution in [0, 0.1) is 12.7 Å². The molecule has 0 saturated heterocycles. The van der Waals surface area contributed by atoms with Gasteiger partial charge in [0.15, 0.2) is 0 Å². The van der Waals surface area contributed by atoms with Crippen LogP contribution < -0.4 is 0 Å². The normalized spacial score (nSPS) is 11.6. The third-order valence-electron chi connectivity index (χ3n) is 1.77. The smallest absolute Gasteiger partial charge is 0.286 e. The lowest BCUT2D eigenvalue weighted by Gasteiger charge is -2.10. The molecule has 0 aliphatic heterocycles. The topological polar surface area (TPSA) is 17.1 Å². The number of halogens is 5. The molecule has 6 heteroatoms. The standard InChI is InChI=1S/C9H5Cl2F3O/c1-4-2-3-5(10)6(7(4)12)8(15)9(11,13)14/h2-3H,1H3. The largest absolute Gasteiger partial charge is 0.385 e. The van der Waals surface area contributed by atoms with E-state index in [2.05, 4.69) is 11.6 Å². The van der Waals surface area contributed by atoms with Gasteiger partial charge in [-0.2, -0.15) is 8.78 Å². The van der Waals surface area contributed by atoms with Crippen molar-refractivity contribution in [1.29, 1.82) is 0 Å². The van der Waals surface area contributed by atoms with Crippen molar-refractivity contribution in [2.45, 2.75) is 12.3 Å². The molecule has 0 aliphatic rings. The van der Waals surface area contributed by atoms with Gasteiger partial charge in [-0.3, -0.25) is 4.79 Å². The van der Waals surface area contributed by atoms with E-state index in [1.54, 1.807) is 0 Å². The second kappa shape index (κ2) is 4.02. The number of carbonyl (C=O) groups excluding carboxylic acids is 1. The first-order chi connectivity index (χ1) is 6.75. The quantitative estimate of drug-likeness (QED) is 0.581. The fourth-order valence-corrected chi connectivity index (χ4v) is 1.33. The van der Waals surface area contributed by atoms with Crippen LogP contribution in [0.5, 0.6) is 0 Å². The van der Waals surface area contributed by atoms with Crippen molar-refractivity contribution in [3.05, 3.63) is 34.1 Å². The van der Waals surface area contributed by atoms with Crippen LogP contribution in [0.1, 0.15) is 15.9 Å². The van der Waals surface area contributed by atoms with E-state index in [4.69, 9.17) is 11.6 Å². The van der Waals surface area contributed by atoms with E-state index in [9.17, 15) is 18.0 Å². The molecule has 0 heterocycles. The van der Waals surface area contributed by atoms with Crippen LogP contribution in [-0.2, 0) is 0 Å². The van der Waals surface area contributed by atoms with Crippen LogP contribution in [0.3, 0.4) is 0 Å². The van der Waals surface area contributed by atoms with Crippen LogP contribution in [0.2, 0.25) is 5.02 Å². The van der Waals surface area contributed by atoms with Gasteiger partial charge >= 0.3 is 5.38 Å². The molecule has 1 rings (SSSR count). The minimum Gasteiger partial charge on any atom is -0.286 e. The number of hydrogen-bond donors (Lipinski definition) is 0.